The summed E-state index contributed by atoms with van der Waals surface area (Å²) in [5.74, 6) is 0. The standard InChI is InChI=1S/C16H13.C15H15O.2CH3.H2Si.Zr/c1-12-10-14-8-5-9-15(16(14)11-12)13-6-3-2-4-7-13;1-11-9-12-5-3-6-14(13(12)10-11)15(2)7-4-8-16-15;;;;/h2-11H,1H3;3-6,8-10H,7H2,1-2H3;2*1H3;1H2;. The van der Waals surface area contributed by atoms with Gasteiger partial charge in [0.15, 0.2) is 0 Å². The van der Waals surface area contributed by atoms with Gasteiger partial charge in [0.1, 0.15) is 0 Å². The van der Waals surface area contributed by atoms with Crippen molar-refractivity contribution in [2.75, 3.05) is 0 Å². The van der Waals surface area contributed by atoms with Gasteiger partial charge in [-0.15, -0.1) is 0 Å². The zero-order chi connectivity index (χ0) is 25.3. The molecule has 3 heteroatoms. The fourth-order valence-corrected chi connectivity index (χ4v) is 29.1. The van der Waals surface area contributed by atoms with E-state index in [0.717, 1.165) is 6.42 Å². The minimum absolute atomic E-state index is 0.264. The van der Waals surface area contributed by atoms with Crippen LogP contribution in [0.2, 0.25) is 9.26 Å². The molecule has 0 spiro atoms. The molecule has 3 aromatic carbocycles. The summed E-state index contributed by atoms with van der Waals surface area (Å²) in [5.41, 5.74) is 12.8. The van der Waals surface area contributed by atoms with Crippen LogP contribution in [0.3, 0.4) is 0 Å². The van der Waals surface area contributed by atoms with Crippen LogP contribution in [-0.2, 0) is 27.7 Å². The van der Waals surface area contributed by atoms with Crippen molar-refractivity contribution in [2.45, 2.75) is 49.3 Å². The molecule has 3 aromatic rings. The van der Waals surface area contributed by atoms with Gasteiger partial charge in [-0.2, -0.15) is 0 Å². The first kappa shape index (κ1) is 24.1. The van der Waals surface area contributed by atoms with Gasteiger partial charge < -0.3 is 0 Å². The third-order valence-electron chi connectivity index (χ3n) is 9.04. The predicted molar refractivity (Wildman–Crippen MR) is 154 cm³/mol. The van der Waals surface area contributed by atoms with Crippen LogP contribution < -0.4 is 0 Å². The van der Waals surface area contributed by atoms with Crippen LogP contribution in [0, 0.1) is 0 Å². The Labute approximate surface area is 218 Å². The van der Waals surface area contributed by atoms with E-state index in [0.29, 0.717) is 7.25 Å². The Morgan fingerprint density at radius 1 is 0.806 bits per heavy atom. The molecule has 0 saturated heterocycles. The van der Waals surface area contributed by atoms with Crippen molar-refractivity contribution in [3.05, 3.63) is 118 Å². The minimum atomic E-state index is -3.50. The van der Waals surface area contributed by atoms with Crippen LogP contribution in [0.25, 0.3) is 23.3 Å². The van der Waals surface area contributed by atoms with Crippen molar-refractivity contribution >= 4 is 19.0 Å². The summed E-state index contributed by atoms with van der Waals surface area (Å²) < 4.78 is 12.6. The molecule has 36 heavy (non-hydrogen) atoms. The summed E-state index contributed by atoms with van der Waals surface area (Å²) >= 11 is -3.50. The molecule has 0 aromatic heterocycles. The van der Waals surface area contributed by atoms with Crippen molar-refractivity contribution in [1.82, 2.24) is 0 Å². The fourth-order valence-electron chi connectivity index (χ4n) is 7.81. The van der Waals surface area contributed by atoms with Crippen LogP contribution in [0.4, 0.5) is 0 Å². The molecule has 3 atom stereocenters. The number of hydrogen-bond donors (Lipinski definition) is 0. The van der Waals surface area contributed by atoms with Crippen LogP contribution >= 0.6 is 0 Å². The van der Waals surface area contributed by atoms with E-state index in [1.165, 1.54) is 39.0 Å². The maximum atomic E-state index is 6.15. The first-order valence-corrected chi connectivity index (χ1v) is 26.8. The first-order valence-electron chi connectivity index (χ1n) is 13.2. The second kappa shape index (κ2) is 8.14. The Balaban J connectivity index is 1.50. The SMILES string of the molecule is CC1=Cc2c(-c3ccccc3)cccc2[CH]1[Zr]([CH3])([CH3])(=[SiH2])[CH]1C(C)=Cc2c1cccc2C1(C)CC=CO1. The quantitative estimate of drug-likeness (QED) is 0.287. The zero-order valence-corrected chi connectivity index (χ0v) is 26.0. The molecule has 1 heterocycles. The topological polar surface area (TPSA) is 9.23 Å². The van der Waals surface area contributed by atoms with Gasteiger partial charge in [0.2, 0.25) is 0 Å². The molecule has 0 N–H and O–H groups in total. The van der Waals surface area contributed by atoms with Crippen LogP contribution in [0.1, 0.15) is 62.3 Å². The zero-order valence-electron chi connectivity index (χ0n) is 22.1. The Hall–Kier alpha value is -2.22. The second-order valence-corrected chi connectivity index (χ2v) is 43.0. The monoisotopic (exact) mass is 566 g/mol. The van der Waals surface area contributed by atoms with E-state index >= 15 is 0 Å². The van der Waals surface area contributed by atoms with Gasteiger partial charge in [-0.05, 0) is 0 Å². The normalized spacial score (nSPS) is 24.7. The molecular weight excluding hydrogens is 532 g/mol. The van der Waals surface area contributed by atoms with E-state index in [4.69, 9.17) is 4.74 Å². The molecule has 0 saturated carbocycles. The summed E-state index contributed by atoms with van der Waals surface area (Å²) in [5, 5.41) is 0. The fraction of sp³-hybridized carbons (Fsp3) is 0.273. The molecule has 1 nitrogen and oxygen atoms in total. The van der Waals surface area contributed by atoms with Gasteiger partial charge in [0.25, 0.3) is 0 Å². The molecule has 6 rings (SSSR count). The Kier molecular flexibility index (Phi) is 5.46. The third-order valence-corrected chi connectivity index (χ3v) is 27.0. The number of benzene rings is 3. The van der Waals surface area contributed by atoms with Gasteiger partial charge in [-0.25, -0.2) is 0 Å². The van der Waals surface area contributed by atoms with Crippen molar-refractivity contribution in [3.63, 3.8) is 0 Å². The van der Waals surface area contributed by atoms with Gasteiger partial charge in [0.05, 0.1) is 0 Å². The summed E-state index contributed by atoms with van der Waals surface area (Å²) in [4.78, 5) is 0. The van der Waals surface area contributed by atoms with Crippen molar-refractivity contribution in [1.29, 1.82) is 0 Å². The maximum absolute atomic E-state index is 6.15. The van der Waals surface area contributed by atoms with Crippen molar-refractivity contribution in [3.8, 4) is 11.1 Å². The van der Waals surface area contributed by atoms with Crippen LogP contribution in [0.15, 0.2) is 90.2 Å². The second-order valence-electron chi connectivity index (χ2n) is 12.5. The average Bonchev–Trinajstić information content (AvgIpc) is 3.53. The Morgan fingerprint density at radius 3 is 2.06 bits per heavy atom. The molecule has 3 unspecified atom stereocenters. The number of rotatable bonds is 4. The number of allylic oxidation sites excluding steroid dienone is 2. The summed E-state index contributed by atoms with van der Waals surface area (Å²) in [6.45, 7) is 9.42. The molecule has 2 aliphatic carbocycles. The summed E-state index contributed by atoms with van der Waals surface area (Å²) in [6, 6.07) is 24.8. The van der Waals surface area contributed by atoms with Crippen LogP contribution in [-0.4, -0.2) is 6.88 Å². The van der Waals surface area contributed by atoms with Gasteiger partial charge >= 0.3 is 220 Å². The van der Waals surface area contributed by atoms with E-state index in [1.807, 2.05) is 6.26 Å². The van der Waals surface area contributed by atoms with E-state index in [2.05, 4.69) is 122 Å². The molecule has 0 radical (unpaired) electrons. The first-order chi connectivity index (χ1) is 17.1. The van der Waals surface area contributed by atoms with Gasteiger partial charge in [-0.3, -0.25) is 0 Å². The molecule has 1 aliphatic heterocycles. The van der Waals surface area contributed by atoms with Crippen LogP contribution in [0.5, 0.6) is 0 Å². The third kappa shape index (κ3) is 3.50. The molecule has 0 amide bonds. The molecule has 3 aliphatic rings. The van der Waals surface area contributed by atoms with Gasteiger partial charge in [-0.1, -0.05) is 0 Å². The van der Waals surface area contributed by atoms with Gasteiger partial charge in [0, 0.05) is 0 Å². The van der Waals surface area contributed by atoms with E-state index in [1.54, 1.807) is 11.1 Å². The van der Waals surface area contributed by atoms with Crippen molar-refractivity contribution < 1.29 is 22.1 Å². The number of hydrogen-bond acceptors (Lipinski definition) is 1. The average molecular weight is 568 g/mol. The summed E-state index contributed by atoms with van der Waals surface area (Å²) in [6.07, 6.45) is 9.96. The number of ether oxygens (including phenoxy) is 1. The summed E-state index contributed by atoms with van der Waals surface area (Å²) in [7, 11) is 0. The molecule has 0 bridgehead atoms. The predicted octanol–water partition coefficient (Wildman–Crippen LogP) is 8.45. The van der Waals surface area contributed by atoms with E-state index < -0.39 is 17.4 Å². The molecule has 0 fully saturated rings. The molecule has 182 valence electrons. The van der Waals surface area contributed by atoms with E-state index in [9.17, 15) is 0 Å². The van der Waals surface area contributed by atoms with E-state index in [-0.39, 0.29) is 5.60 Å². The Bertz CT molecular complexity index is 1540. The molecular formula is C33H36OSiZr. The number of fused-ring (bicyclic) bond motifs is 2. The Morgan fingerprint density at radius 2 is 1.42 bits per heavy atom. The van der Waals surface area contributed by atoms with Crippen molar-refractivity contribution in [2.24, 2.45) is 0 Å².